The van der Waals surface area contributed by atoms with Crippen molar-refractivity contribution in [2.24, 2.45) is 0 Å². The summed E-state index contributed by atoms with van der Waals surface area (Å²) < 4.78 is 5.31. The smallest absolute Gasteiger partial charge is 0.311 e. The van der Waals surface area contributed by atoms with Gasteiger partial charge in [0, 0.05) is 28.0 Å². The maximum atomic E-state index is 12.4. The number of hydrogen-bond acceptors (Lipinski definition) is 5. The number of H-pyrrole nitrogens is 1. The van der Waals surface area contributed by atoms with Gasteiger partial charge in [-0.2, -0.15) is 0 Å². The van der Waals surface area contributed by atoms with Crippen LogP contribution >= 0.6 is 11.3 Å². The number of anilines is 1. The number of esters is 1. The summed E-state index contributed by atoms with van der Waals surface area (Å²) in [5.74, 6) is -0.868. The second kappa shape index (κ2) is 8.28. The summed E-state index contributed by atoms with van der Waals surface area (Å²) in [6.07, 6.45) is 0.964. The number of fused-ring (bicyclic) bond motifs is 1. The van der Waals surface area contributed by atoms with E-state index in [9.17, 15) is 9.59 Å². The van der Waals surface area contributed by atoms with E-state index < -0.39 is 18.0 Å². The monoisotopic (exact) mass is 405 g/mol. The number of rotatable bonds is 6. The van der Waals surface area contributed by atoms with Crippen molar-refractivity contribution in [2.75, 3.05) is 5.32 Å². The van der Waals surface area contributed by atoms with Gasteiger partial charge >= 0.3 is 5.97 Å². The highest BCUT2D eigenvalue weighted by atomic mass is 32.1. The van der Waals surface area contributed by atoms with Crippen molar-refractivity contribution in [3.63, 3.8) is 0 Å². The molecule has 4 rings (SSSR count). The Kier molecular flexibility index (Phi) is 5.39. The average Bonchev–Trinajstić information content (AvgIpc) is 3.36. The van der Waals surface area contributed by atoms with Crippen LogP contribution in [0.1, 0.15) is 12.5 Å². The fraction of sp³-hybridized carbons (Fsp3) is 0.136. The van der Waals surface area contributed by atoms with Crippen LogP contribution in [-0.4, -0.2) is 27.9 Å². The third-order valence-corrected chi connectivity index (χ3v) is 5.25. The Labute approximate surface area is 171 Å². The van der Waals surface area contributed by atoms with Gasteiger partial charge in [-0.1, -0.05) is 48.5 Å². The summed E-state index contributed by atoms with van der Waals surface area (Å²) in [4.78, 5) is 32.2. The Morgan fingerprint density at radius 1 is 1.14 bits per heavy atom. The predicted molar refractivity (Wildman–Crippen MR) is 114 cm³/mol. The van der Waals surface area contributed by atoms with Gasteiger partial charge in [-0.3, -0.25) is 14.9 Å². The summed E-state index contributed by atoms with van der Waals surface area (Å²) in [6, 6.07) is 17.4. The van der Waals surface area contributed by atoms with Gasteiger partial charge in [0.15, 0.2) is 11.2 Å². The zero-order valence-corrected chi connectivity index (χ0v) is 16.5. The van der Waals surface area contributed by atoms with Crippen molar-refractivity contribution in [3.8, 4) is 11.3 Å². The number of benzene rings is 2. The van der Waals surface area contributed by atoms with Crippen LogP contribution in [0.5, 0.6) is 0 Å². The number of thiazole rings is 1. The number of aromatic amines is 1. The van der Waals surface area contributed by atoms with Gasteiger partial charge in [-0.05, 0) is 18.6 Å². The summed E-state index contributed by atoms with van der Waals surface area (Å²) in [7, 11) is 0. The molecule has 2 aromatic carbocycles. The van der Waals surface area contributed by atoms with E-state index in [2.05, 4.69) is 15.3 Å². The molecule has 4 aromatic rings. The van der Waals surface area contributed by atoms with Gasteiger partial charge < -0.3 is 9.72 Å². The number of carbonyl (C=O) groups excluding carboxylic acids is 2. The zero-order valence-electron chi connectivity index (χ0n) is 15.7. The highest BCUT2D eigenvalue weighted by Crippen LogP contribution is 2.25. The molecule has 0 aliphatic carbocycles. The van der Waals surface area contributed by atoms with Crippen molar-refractivity contribution >= 4 is 39.2 Å². The number of ether oxygens (including phenoxy) is 1. The van der Waals surface area contributed by atoms with Crippen molar-refractivity contribution in [2.45, 2.75) is 19.4 Å². The topological polar surface area (TPSA) is 84.1 Å². The van der Waals surface area contributed by atoms with Crippen LogP contribution in [0.2, 0.25) is 0 Å². The third-order valence-electron chi connectivity index (χ3n) is 4.49. The first-order valence-electron chi connectivity index (χ1n) is 9.16. The summed E-state index contributed by atoms with van der Waals surface area (Å²) >= 11 is 1.33. The first-order chi connectivity index (χ1) is 14.1. The maximum Gasteiger partial charge on any atom is 0.311 e. The number of amides is 1. The minimum Gasteiger partial charge on any atom is -0.452 e. The molecule has 6 nitrogen and oxygen atoms in total. The van der Waals surface area contributed by atoms with E-state index in [-0.39, 0.29) is 6.42 Å². The molecule has 0 fully saturated rings. The SMILES string of the molecule is C[C@H](OC(=O)Cc1c[nH]c2ccccc12)C(=O)Nc1nc(-c2ccccc2)cs1. The predicted octanol–water partition coefficient (Wildman–Crippen LogP) is 4.40. The lowest BCUT2D eigenvalue weighted by molar-refractivity contribution is -0.152. The molecule has 7 heteroatoms. The largest absolute Gasteiger partial charge is 0.452 e. The van der Waals surface area contributed by atoms with Gasteiger partial charge in [0.2, 0.25) is 0 Å². The second-order valence-electron chi connectivity index (χ2n) is 6.56. The van der Waals surface area contributed by atoms with E-state index in [4.69, 9.17) is 4.74 Å². The lowest BCUT2D eigenvalue weighted by Crippen LogP contribution is -2.30. The number of para-hydroxylation sites is 1. The van der Waals surface area contributed by atoms with Crippen LogP contribution in [-0.2, 0) is 20.7 Å². The lowest BCUT2D eigenvalue weighted by Gasteiger charge is -2.12. The molecule has 2 heterocycles. The molecule has 2 N–H and O–H groups in total. The average molecular weight is 405 g/mol. The first-order valence-corrected chi connectivity index (χ1v) is 10.0. The Bertz CT molecular complexity index is 1150. The normalized spacial score (nSPS) is 11.9. The van der Waals surface area contributed by atoms with Gasteiger partial charge in [0.25, 0.3) is 5.91 Å². The number of aromatic nitrogens is 2. The van der Waals surface area contributed by atoms with Gasteiger partial charge in [0.1, 0.15) is 0 Å². The van der Waals surface area contributed by atoms with Gasteiger partial charge in [0.05, 0.1) is 12.1 Å². The van der Waals surface area contributed by atoms with Gasteiger partial charge in [-0.25, -0.2) is 4.98 Å². The Morgan fingerprint density at radius 3 is 2.72 bits per heavy atom. The molecular weight excluding hydrogens is 386 g/mol. The fourth-order valence-electron chi connectivity index (χ4n) is 3.01. The minimum atomic E-state index is -0.920. The highest BCUT2D eigenvalue weighted by molar-refractivity contribution is 7.14. The summed E-state index contributed by atoms with van der Waals surface area (Å²) in [5, 5.41) is 6.02. The standard InChI is InChI=1S/C22H19N3O3S/c1-14(28-20(26)11-16-12-23-18-10-6-5-9-17(16)18)21(27)25-22-24-19(13-29-22)15-7-3-2-4-8-15/h2-10,12-14,23H,11H2,1H3,(H,24,25,27)/t14-/m0/s1. The van der Waals surface area contributed by atoms with Gasteiger partial charge in [-0.15, -0.1) is 11.3 Å². The number of carbonyl (C=O) groups is 2. The number of hydrogen-bond donors (Lipinski definition) is 2. The van der Waals surface area contributed by atoms with E-state index in [1.807, 2.05) is 60.0 Å². The van der Waals surface area contributed by atoms with Crippen LogP contribution in [0, 0.1) is 0 Å². The van der Waals surface area contributed by atoms with E-state index in [0.29, 0.717) is 5.13 Å². The van der Waals surface area contributed by atoms with E-state index >= 15 is 0 Å². The zero-order chi connectivity index (χ0) is 20.2. The maximum absolute atomic E-state index is 12.4. The van der Waals surface area contributed by atoms with Crippen LogP contribution in [0.3, 0.4) is 0 Å². The minimum absolute atomic E-state index is 0.0943. The van der Waals surface area contributed by atoms with Crippen molar-refractivity contribution in [1.82, 2.24) is 9.97 Å². The molecule has 0 aliphatic rings. The van der Waals surface area contributed by atoms with Crippen molar-refractivity contribution in [3.05, 3.63) is 71.7 Å². The summed E-state index contributed by atoms with van der Waals surface area (Å²) in [6.45, 7) is 1.55. The van der Waals surface area contributed by atoms with Crippen LogP contribution in [0.15, 0.2) is 66.2 Å². The first kappa shape index (κ1) is 18.9. The molecule has 1 amide bonds. The number of nitrogens with one attached hydrogen (secondary N) is 2. The molecule has 0 unspecified atom stereocenters. The van der Waals surface area contributed by atoms with E-state index in [1.165, 1.54) is 11.3 Å². The molecule has 0 spiro atoms. The van der Waals surface area contributed by atoms with Crippen molar-refractivity contribution in [1.29, 1.82) is 0 Å². The molecule has 146 valence electrons. The van der Waals surface area contributed by atoms with Crippen molar-refractivity contribution < 1.29 is 14.3 Å². The quantitative estimate of drug-likeness (QED) is 0.466. The molecule has 0 saturated carbocycles. The van der Waals surface area contributed by atoms with Crippen LogP contribution in [0.25, 0.3) is 22.2 Å². The number of nitrogens with zero attached hydrogens (tertiary/aromatic N) is 1. The Balaban J connectivity index is 1.35. The molecule has 0 aliphatic heterocycles. The highest BCUT2D eigenvalue weighted by Gasteiger charge is 2.20. The lowest BCUT2D eigenvalue weighted by atomic mass is 10.1. The molecule has 0 bridgehead atoms. The second-order valence-corrected chi connectivity index (χ2v) is 7.42. The molecule has 29 heavy (non-hydrogen) atoms. The van der Waals surface area contributed by atoms with E-state index in [0.717, 1.165) is 27.7 Å². The Morgan fingerprint density at radius 2 is 1.90 bits per heavy atom. The molecule has 1 atom stereocenters. The summed E-state index contributed by atoms with van der Waals surface area (Å²) in [5.41, 5.74) is 3.56. The van der Waals surface area contributed by atoms with Crippen LogP contribution < -0.4 is 5.32 Å². The van der Waals surface area contributed by atoms with E-state index in [1.54, 1.807) is 13.1 Å². The molecule has 2 aromatic heterocycles. The molecule has 0 radical (unpaired) electrons. The Hall–Kier alpha value is -3.45. The molecule has 0 saturated heterocycles. The third kappa shape index (κ3) is 4.35. The fourth-order valence-corrected chi connectivity index (χ4v) is 3.73. The van der Waals surface area contributed by atoms with Crippen LogP contribution in [0.4, 0.5) is 5.13 Å². The molecular formula is C22H19N3O3S.